The Labute approximate surface area is 198 Å². The first-order valence-electron chi connectivity index (χ1n) is 11.3. The van der Waals surface area contributed by atoms with E-state index in [1.54, 1.807) is 24.3 Å². The molecule has 2 N–H and O–H groups in total. The van der Waals surface area contributed by atoms with Crippen LogP contribution in [0.2, 0.25) is 0 Å². The van der Waals surface area contributed by atoms with Gasteiger partial charge in [0.05, 0.1) is 5.69 Å². The summed E-state index contributed by atoms with van der Waals surface area (Å²) >= 11 is 0. The van der Waals surface area contributed by atoms with Crippen molar-refractivity contribution in [1.29, 1.82) is 0 Å². The second kappa shape index (κ2) is 10.7. The number of anilines is 1. The summed E-state index contributed by atoms with van der Waals surface area (Å²) in [5.41, 5.74) is 5.14. The van der Waals surface area contributed by atoms with Crippen LogP contribution in [0, 0.1) is 6.92 Å². The van der Waals surface area contributed by atoms with Crippen molar-refractivity contribution in [3.8, 4) is 5.75 Å². The van der Waals surface area contributed by atoms with Crippen molar-refractivity contribution in [2.75, 3.05) is 5.32 Å². The fourth-order valence-electron chi connectivity index (χ4n) is 3.53. The quantitative estimate of drug-likeness (QED) is 0.376. The number of pyridine rings is 1. The number of carbonyl (C=O) groups is 2. The highest BCUT2D eigenvalue weighted by atomic mass is 16.5. The van der Waals surface area contributed by atoms with E-state index >= 15 is 0 Å². The van der Waals surface area contributed by atoms with Crippen LogP contribution in [0.15, 0.2) is 73.1 Å². The van der Waals surface area contributed by atoms with E-state index in [1.807, 2.05) is 67.0 Å². The second-order valence-electron chi connectivity index (χ2n) is 8.19. The van der Waals surface area contributed by atoms with E-state index in [-0.39, 0.29) is 11.8 Å². The van der Waals surface area contributed by atoms with E-state index in [2.05, 4.69) is 15.6 Å². The number of nitrogens with one attached hydrogen (secondary N) is 2. The zero-order chi connectivity index (χ0) is 23.9. The highest BCUT2D eigenvalue weighted by Crippen LogP contribution is 2.16. The Bertz CT molecular complexity index is 1280. The third-order valence-corrected chi connectivity index (χ3v) is 5.32. The first kappa shape index (κ1) is 23.0. The normalized spacial score (nSPS) is 10.8. The maximum Gasteiger partial charge on any atom is 0.251 e. The molecule has 2 amide bonds. The Morgan fingerprint density at radius 1 is 0.971 bits per heavy atom. The minimum absolute atomic E-state index is 0.00408. The zero-order valence-electron chi connectivity index (χ0n) is 19.4. The van der Waals surface area contributed by atoms with Gasteiger partial charge in [-0.1, -0.05) is 25.1 Å². The molecule has 0 fully saturated rings. The lowest BCUT2D eigenvalue weighted by Gasteiger charge is -2.09. The molecule has 0 aliphatic heterocycles. The summed E-state index contributed by atoms with van der Waals surface area (Å²) < 4.78 is 7.82. The van der Waals surface area contributed by atoms with Crippen LogP contribution in [0.5, 0.6) is 5.75 Å². The van der Waals surface area contributed by atoms with Crippen LogP contribution in [-0.2, 0) is 17.9 Å². The van der Waals surface area contributed by atoms with Crippen molar-refractivity contribution in [1.82, 2.24) is 14.7 Å². The molecule has 0 saturated carbocycles. The number of imidazole rings is 1. The minimum atomic E-state index is -0.164. The van der Waals surface area contributed by atoms with Crippen LogP contribution in [0.4, 0.5) is 5.69 Å². The van der Waals surface area contributed by atoms with Crippen molar-refractivity contribution in [2.45, 2.75) is 39.8 Å². The number of aromatic nitrogens is 2. The molecular formula is C27H28N4O3. The van der Waals surface area contributed by atoms with E-state index in [0.717, 1.165) is 29.0 Å². The van der Waals surface area contributed by atoms with Gasteiger partial charge in [-0.3, -0.25) is 9.59 Å². The average Bonchev–Trinajstić information content (AvgIpc) is 3.24. The van der Waals surface area contributed by atoms with Gasteiger partial charge in [-0.15, -0.1) is 0 Å². The summed E-state index contributed by atoms with van der Waals surface area (Å²) in [6.07, 6.45) is 5.29. The topological polar surface area (TPSA) is 84.7 Å². The molecule has 0 unspecified atom stereocenters. The van der Waals surface area contributed by atoms with Crippen LogP contribution in [0.25, 0.3) is 5.65 Å². The predicted molar refractivity (Wildman–Crippen MR) is 132 cm³/mol. The molecule has 2 aromatic heterocycles. The van der Waals surface area contributed by atoms with Gasteiger partial charge in [0, 0.05) is 36.6 Å². The summed E-state index contributed by atoms with van der Waals surface area (Å²) in [5, 5.41) is 5.77. The van der Waals surface area contributed by atoms with Gasteiger partial charge in [0.2, 0.25) is 5.91 Å². The Morgan fingerprint density at radius 2 is 1.74 bits per heavy atom. The van der Waals surface area contributed by atoms with Crippen molar-refractivity contribution in [2.24, 2.45) is 0 Å². The van der Waals surface area contributed by atoms with Gasteiger partial charge in [0.25, 0.3) is 5.91 Å². The van der Waals surface area contributed by atoms with Crippen LogP contribution < -0.4 is 15.4 Å². The van der Waals surface area contributed by atoms with E-state index < -0.39 is 0 Å². The molecule has 0 aliphatic carbocycles. The minimum Gasteiger partial charge on any atom is -0.487 e. The maximum atomic E-state index is 12.5. The summed E-state index contributed by atoms with van der Waals surface area (Å²) in [4.78, 5) is 28.7. The number of amides is 2. The fraction of sp³-hybridized carbons (Fsp3) is 0.222. The Hall–Kier alpha value is -4.13. The van der Waals surface area contributed by atoms with Gasteiger partial charge < -0.3 is 19.8 Å². The number of rotatable bonds is 9. The Morgan fingerprint density at radius 3 is 2.47 bits per heavy atom. The van der Waals surface area contributed by atoms with Gasteiger partial charge in [-0.2, -0.15) is 0 Å². The van der Waals surface area contributed by atoms with E-state index in [9.17, 15) is 9.59 Å². The number of ether oxygens (including phenoxy) is 1. The molecule has 7 heteroatoms. The molecule has 0 spiro atoms. The van der Waals surface area contributed by atoms with Crippen LogP contribution in [0.1, 0.15) is 46.9 Å². The average molecular weight is 457 g/mol. The summed E-state index contributed by atoms with van der Waals surface area (Å²) in [6, 6.07) is 18.5. The SMILES string of the molecule is CCCC(=O)Nc1ccc(CNC(=O)c2ccc(OCc3cn4cc(C)ccc4n3)cc2)cc1. The van der Waals surface area contributed by atoms with Gasteiger partial charge in [-0.05, 0) is 66.9 Å². The van der Waals surface area contributed by atoms with Gasteiger partial charge in [-0.25, -0.2) is 4.98 Å². The standard InChI is InChI=1S/C27H28N4O3/c1-3-4-26(32)30-22-10-6-20(7-11-22)15-28-27(33)21-8-12-24(13-9-21)34-18-23-17-31-16-19(2)5-14-25(31)29-23/h5-14,16-17H,3-4,15,18H2,1-2H3,(H,28,33)(H,30,32). The molecule has 2 aromatic carbocycles. The maximum absolute atomic E-state index is 12.5. The number of hydrogen-bond donors (Lipinski definition) is 2. The molecule has 0 saturated heterocycles. The summed E-state index contributed by atoms with van der Waals surface area (Å²) in [7, 11) is 0. The summed E-state index contributed by atoms with van der Waals surface area (Å²) in [5.74, 6) is 0.512. The Balaban J connectivity index is 1.26. The van der Waals surface area contributed by atoms with E-state index in [0.29, 0.717) is 30.9 Å². The number of aryl methyl sites for hydroxylation is 1. The van der Waals surface area contributed by atoms with Crippen molar-refractivity contribution in [3.63, 3.8) is 0 Å². The molecule has 7 nitrogen and oxygen atoms in total. The largest absolute Gasteiger partial charge is 0.487 e. The fourth-order valence-corrected chi connectivity index (χ4v) is 3.53. The monoisotopic (exact) mass is 456 g/mol. The number of benzene rings is 2. The molecule has 0 aliphatic rings. The highest BCUT2D eigenvalue weighted by molar-refractivity contribution is 5.94. The second-order valence-corrected chi connectivity index (χ2v) is 8.19. The van der Waals surface area contributed by atoms with Crippen molar-refractivity contribution in [3.05, 3.63) is 95.4 Å². The van der Waals surface area contributed by atoms with E-state index in [1.165, 1.54) is 5.56 Å². The van der Waals surface area contributed by atoms with Crippen LogP contribution >= 0.6 is 0 Å². The number of carbonyl (C=O) groups excluding carboxylic acids is 2. The lowest BCUT2D eigenvalue weighted by atomic mass is 10.1. The highest BCUT2D eigenvalue weighted by Gasteiger charge is 2.08. The molecule has 0 radical (unpaired) electrons. The first-order chi connectivity index (χ1) is 16.5. The smallest absolute Gasteiger partial charge is 0.251 e. The number of hydrogen-bond acceptors (Lipinski definition) is 4. The van der Waals surface area contributed by atoms with Crippen molar-refractivity contribution >= 4 is 23.1 Å². The third kappa shape index (κ3) is 6.01. The van der Waals surface area contributed by atoms with Gasteiger partial charge >= 0.3 is 0 Å². The molecule has 34 heavy (non-hydrogen) atoms. The third-order valence-electron chi connectivity index (χ3n) is 5.32. The van der Waals surface area contributed by atoms with Crippen LogP contribution in [-0.4, -0.2) is 21.2 Å². The lowest BCUT2D eigenvalue weighted by molar-refractivity contribution is -0.116. The number of nitrogens with zero attached hydrogens (tertiary/aromatic N) is 2. The molecule has 0 atom stereocenters. The lowest BCUT2D eigenvalue weighted by Crippen LogP contribution is -2.22. The first-order valence-corrected chi connectivity index (χ1v) is 11.3. The Kier molecular flexibility index (Phi) is 7.22. The predicted octanol–water partition coefficient (Wildman–Crippen LogP) is 4.89. The molecule has 4 aromatic rings. The molecular weight excluding hydrogens is 428 g/mol. The zero-order valence-corrected chi connectivity index (χ0v) is 19.4. The van der Waals surface area contributed by atoms with E-state index in [4.69, 9.17) is 4.74 Å². The number of fused-ring (bicyclic) bond motifs is 1. The van der Waals surface area contributed by atoms with Crippen molar-refractivity contribution < 1.29 is 14.3 Å². The molecule has 2 heterocycles. The van der Waals surface area contributed by atoms with Gasteiger partial charge in [0.15, 0.2) is 0 Å². The summed E-state index contributed by atoms with van der Waals surface area (Å²) in [6.45, 7) is 4.75. The van der Waals surface area contributed by atoms with Crippen LogP contribution in [0.3, 0.4) is 0 Å². The molecule has 0 bridgehead atoms. The molecule has 174 valence electrons. The van der Waals surface area contributed by atoms with Gasteiger partial charge in [0.1, 0.15) is 18.0 Å². The molecule has 4 rings (SSSR count).